The molecule has 1 heterocycles. The monoisotopic (exact) mass is 400 g/mol. The highest BCUT2D eigenvalue weighted by molar-refractivity contribution is 5.55. The molecule has 3 rings (SSSR count). The molecule has 0 aliphatic heterocycles. The van der Waals surface area contributed by atoms with Crippen molar-refractivity contribution < 1.29 is 17.9 Å². The average molecular weight is 400 g/mol. The molecule has 6 heteroatoms. The predicted molar refractivity (Wildman–Crippen MR) is 106 cm³/mol. The summed E-state index contributed by atoms with van der Waals surface area (Å²) >= 11 is 0. The molecular formula is C23H23F3N2O. The fourth-order valence-electron chi connectivity index (χ4n) is 2.89. The molecule has 0 aliphatic rings. The molecule has 29 heavy (non-hydrogen) atoms. The molecule has 152 valence electrons. The highest BCUT2D eigenvalue weighted by atomic mass is 19.3. The lowest BCUT2D eigenvalue weighted by Crippen LogP contribution is -2.25. The van der Waals surface area contributed by atoms with E-state index in [1.807, 2.05) is 24.5 Å². The lowest BCUT2D eigenvalue weighted by molar-refractivity contribution is -0.180. The first-order valence-corrected chi connectivity index (χ1v) is 9.59. The number of ether oxygens (including phenoxy) is 1. The number of aryl methyl sites for hydroxylation is 3. The molecular weight excluding hydrogens is 377 g/mol. The van der Waals surface area contributed by atoms with Crippen LogP contribution in [0.1, 0.15) is 36.5 Å². The van der Waals surface area contributed by atoms with Gasteiger partial charge in [-0.15, -0.1) is 0 Å². The maximum atomic E-state index is 14.1. The second kappa shape index (κ2) is 9.07. The molecule has 0 fully saturated rings. The molecule has 0 N–H and O–H groups in total. The van der Waals surface area contributed by atoms with E-state index in [1.54, 1.807) is 19.1 Å². The third-order valence-corrected chi connectivity index (χ3v) is 4.57. The van der Waals surface area contributed by atoms with Gasteiger partial charge in [-0.05, 0) is 42.5 Å². The van der Waals surface area contributed by atoms with Crippen LogP contribution >= 0.6 is 0 Å². The smallest absolute Gasteiger partial charge is 0.398 e. The maximum absolute atomic E-state index is 14.1. The van der Waals surface area contributed by atoms with Crippen LogP contribution in [0.25, 0.3) is 11.4 Å². The summed E-state index contributed by atoms with van der Waals surface area (Å²) in [5.41, 5.74) is 3.04. The Hall–Kier alpha value is -2.89. The Labute approximate surface area is 168 Å². The van der Waals surface area contributed by atoms with Crippen molar-refractivity contribution in [1.82, 2.24) is 9.97 Å². The van der Waals surface area contributed by atoms with Gasteiger partial charge in [-0.2, -0.15) is 8.78 Å². The van der Waals surface area contributed by atoms with Crippen LogP contribution in [0.15, 0.2) is 54.9 Å². The van der Waals surface area contributed by atoms with Crippen molar-refractivity contribution in [3.63, 3.8) is 0 Å². The van der Waals surface area contributed by atoms with Gasteiger partial charge >= 0.3 is 6.11 Å². The molecule has 1 aromatic heterocycles. The van der Waals surface area contributed by atoms with Gasteiger partial charge in [0, 0.05) is 24.0 Å². The summed E-state index contributed by atoms with van der Waals surface area (Å²) in [6.45, 7) is 3.66. The zero-order valence-electron chi connectivity index (χ0n) is 16.5. The predicted octanol–water partition coefficient (Wildman–Crippen LogP) is 6.15. The minimum atomic E-state index is -3.39. The second-order valence-corrected chi connectivity index (χ2v) is 7.01. The molecule has 0 radical (unpaired) electrons. The third kappa shape index (κ3) is 5.79. The van der Waals surface area contributed by atoms with E-state index < -0.39 is 18.3 Å². The van der Waals surface area contributed by atoms with Crippen LogP contribution in [0, 0.1) is 12.7 Å². The van der Waals surface area contributed by atoms with Crippen LogP contribution < -0.4 is 4.74 Å². The van der Waals surface area contributed by atoms with E-state index in [-0.39, 0.29) is 12.2 Å². The number of hydrogen-bond donors (Lipinski definition) is 0. The van der Waals surface area contributed by atoms with Gasteiger partial charge in [0.05, 0.1) is 6.42 Å². The number of benzene rings is 2. The van der Waals surface area contributed by atoms with Crippen molar-refractivity contribution in [2.75, 3.05) is 0 Å². The first-order chi connectivity index (χ1) is 13.9. The Morgan fingerprint density at radius 3 is 2.24 bits per heavy atom. The Balaban J connectivity index is 1.59. The quantitative estimate of drug-likeness (QED) is 0.455. The Bertz CT molecular complexity index is 941. The van der Waals surface area contributed by atoms with Crippen molar-refractivity contribution in [2.45, 2.75) is 45.6 Å². The number of alkyl halides is 2. The largest absolute Gasteiger partial charge is 0.432 e. The second-order valence-electron chi connectivity index (χ2n) is 7.01. The number of halogens is 3. The van der Waals surface area contributed by atoms with Gasteiger partial charge in [-0.1, -0.05) is 43.7 Å². The van der Waals surface area contributed by atoms with Crippen molar-refractivity contribution in [3.05, 3.63) is 77.4 Å². The molecule has 0 aliphatic carbocycles. The molecule has 0 amide bonds. The van der Waals surface area contributed by atoms with Gasteiger partial charge in [-0.3, -0.25) is 0 Å². The zero-order valence-corrected chi connectivity index (χ0v) is 16.5. The molecule has 0 atom stereocenters. The zero-order chi connectivity index (χ0) is 20.9. The van der Waals surface area contributed by atoms with Crippen LogP contribution in [0.5, 0.6) is 5.75 Å². The minimum absolute atomic E-state index is 0.123. The fourth-order valence-corrected chi connectivity index (χ4v) is 2.89. The normalized spacial score (nSPS) is 11.5. The number of rotatable bonds is 8. The summed E-state index contributed by atoms with van der Waals surface area (Å²) in [5, 5.41) is 0. The van der Waals surface area contributed by atoms with E-state index in [1.165, 1.54) is 12.1 Å². The van der Waals surface area contributed by atoms with Crippen molar-refractivity contribution in [2.24, 2.45) is 0 Å². The summed E-state index contributed by atoms with van der Waals surface area (Å²) in [6, 6.07) is 10.9. The highest BCUT2D eigenvalue weighted by Gasteiger charge is 2.31. The third-order valence-electron chi connectivity index (χ3n) is 4.57. The topological polar surface area (TPSA) is 35.0 Å². The Kier molecular flexibility index (Phi) is 6.52. The van der Waals surface area contributed by atoms with Gasteiger partial charge in [-0.25, -0.2) is 14.4 Å². The lowest BCUT2D eigenvalue weighted by Gasteiger charge is -2.18. The summed E-state index contributed by atoms with van der Waals surface area (Å²) in [7, 11) is 0. The molecule has 0 saturated heterocycles. The average Bonchev–Trinajstić information content (AvgIpc) is 2.70. The van der Waals surface area contributed by atoms with Gasteiger partial charge in [0.1, 0.15) is 11.6 Å². The van der Waals surface area contributed by atoms with Gasteiger partial charge in [0.25, 0.3) is 0 Å². The summed E-state index contributed by atoms with van der Waals surface area (Å²) in [6.07, 6.45) is 1.81. The first-order valence-electron chi connectivity index (χ1n) is 9.59. The van der Waals surface area contributed by atoms with Crippen LogP contribution in [0.4, 0.5) is 13.2 Å². The van der Waals surface area contributed by atoms with Gasteiger partial charge in [0.15, 0.2) is 5.82 Å². The van der Waals surface area contributed by atoms with Crippen molar-refractivity contribution in [1.29, 1.82) is 0 Å². The van der Waals surface area contributed by atoms with E-state index in [4.69, 9.17) is 4.74 Å². The highest BCUT2D eigenvalue weighted by Crippen LogP contribution is 2.27. The van der Waals surface area contributed by atoms with Crippen LogP contribution in [0.3, 0.4) is 0 Å². The number of hydrogen-bond acceptors (Lipinski definition) is 3. The molecule has 0 saturated carbocycles. The standard InChI is InChI=1S/C23H23F3N2O/c1-3-4-18-14-27-22(28-15-18)19-8-6-17(7-9-19)11-12-23(25,26)29-20-10-5-16(2)21(24)13-20/h5-10,13-15H,3-4,11-12H2,1-2H3. The Morgan fingerprint density at radius 1 is 0.931 bits per heavy atom. The van der Waals surface area contributed by atoms with E-state index >= 15 is 0 Å². The van der Waals surface area contributed by atoms with Crippen LogP contribution in [-0.2, 0) is 12.8 Å². The summed E-state index contributed by atoms with van der Waals surface area (Å²) < 4.78 is 46.4. The van der Waals surface area contributed by atoms with Crippen molar-refractivity contribution in [3.8, 4) is 17.1 Å². The molecule has 0 spiro atoms. The molecule has 2 aromatic carbocycles. The van der Waals surface area contributed by atoms with Crippen LogP contribution in [0.2, 0.25) is 0 Å². The maximum Gasteiger partial charge on any atom is 0.398 e. The lowest BCUT2D eigenvalue weighted by atomic mass is 10.1. The van der Waals surface area contributed by atoms with Crippen molar-refractivity contribution >= 4 is 0 Å². The molecule has 3 nitrogen and oxygen atoms in total. The van der Waals surface area contributed by atoms with E-state index in [2.05, 4.69) is 16.9 Å². The SMILES string of the molecule is CCCc1cnc(-c2ccc(CCC(F)(F)Oc3ccc(C)c(F)c3)cc2)nc1. The minimum Gasteiger partial charge on any atom is -0.432 e. The van der Waals surface area contributed by atoms with E-state index in [9.17, 15) is 13.2 Å². The van der Waals surface area contributed by atoms with Gasteiger partial charge < -0.3 is 4.74 Å². The van der Waals surface area contributed by atoms with E-state index in [0.29, 0.717) is 11.4 Å². The molecule has 0 bridgehead atoms. The summed E-state index contributed by atoms with van der Waals surface area (Å²) in [5.74, 6) is -0.151. The fraction of sp³-hybridized carbons (Fsp3) is 0.304. The number of aromatic nitrogens is 2. The van der Waals surface area contributed by atoms with E-state index in [0.717, 1.165) is 35.6 Å². The first kappa shape index (κ1) is 20.8. The van der Waals surface area contributed by atoms with Gasteiger partial charge in [0.2, 0.25) is 0 Å². The Morgan fingerprint density at radius 2 is 1.62 bits per heavy atom. The molecule has 0 unspecified atom stereocenters. The van der Waals surface area contributed by atoms with Crippen LogP contribution in [-0.4, -0.2) is 16.1 Å². The number of nitrogens with zero attached hydrogens (tertiary/aromatic N) is 2. The molecule has 3 aromatic rings. The summed E-state index contributed by atoms with van der Waals surface area (Å²) in [4.78, 5) is 8.72.